The summed E-state index contributed by atoms with van der Waals surface area (Å²) in [5.74, 6) is 1.22. The summed E-state index contributed by atoms with van der Waals surface area (Å²) in [6.07, 6.45) is 7.85. The zero-order valence-corrected chi connectivity index (χ0v) is 13.8. The minimum absolute atomic E-state index is 0.0325. The molecule has 0 N–H and O–H groups in total. The van der Waals surface area contributed by atoms with Crippen LogP contribution in [-0.2, 0) is 10.3 Å². The Labute approximate surface area is 138 Å². The first kappa shape index (κ1) is 15.8. The molecule has 0 spiro atoms. The minimum Gasteiger partial charge on any atom is -0.300 e. The van der Waals surface area contributed by atoms with Gasteiger partial charge in [0.2, 0.25) is 0 Å². The third-order valence-corrected chi connectivity index (χ3v) is 5.40. The Hall–Kier alpha value is -1.12. The van der Waals surface area contributed by atoms with Crippen molar-refractivity contribution < 1.29 is 4.79 Å². The van der Waals surface area contributed by atoms with Gasteiger partial charge in [-0.25, -0.2) is 0 Å². The van der Waals surface area contributed by atoms with Gasteiger partial charge in [0.1, 0.15) is 5.78 Å². The zero-order chi connectivity index (χ0) is 15.6. The number of carbonyl (C=O) groups is 1. The maximum Gasteiger partial charge on any atom is 0.133 e. The highest BCUT2D eigenvalue weighted by Gasteiger charge is 2.42. The summed E-state index contributed by atoms with van der Waals surface area (Å²) in [7, 11) is 0. The van der Waals surface area contributed by atoms with Crippen molar-refractivity contribution in [2.24, 2.45) is 5.92 Å². The van der Waals surface area contributed by atoms with Crippen LogP contribution in [0, 0.1) is 5.92 Å². The van der Waals surface area contributed by atoms with Crippen molar-refractivity contribution in [3.05, 3.63) is 47.5 Å². The molecule has 0 unspecified atom stereocenters. The van der Waals surface area contributed by atoms with Crippen LogP contribution in [0.25, 0.3) is 0 Å². The van der Waals surface area contributed by atoms with E-state index >= 15 is 0 Å². The van der Waals surface area contributed by atoms with Gasteiger partial charge in [0.25, 0.3) is 0 Å². The van der Waals surface area contributed by atoms with E-state index in [4.69, 9.17) is 11.6 Å². The van der Waals surface area contributed by atoms with E-state index in [1.54, 1.807) is 0 Å². The lowest BCUT2D eigenvalue weighted by atomic mass is 9.74. The number of hydrogen-bond donors (Lipinski definition) is 0. The van der Waals surface area contributed by atoms with Crippen molar-refractivity contribution in [1.82, 2.24) is 4.90 Å². The van der Waals surface area contributed by atoms with E-state index in [0.29, 0.717) is 18.6 Å². The molecule has 0 atom stereocenters. The molecular weight excluding hydrogens is 294 g/mol. The Kier molecular flexibility index (Phi) is 4.70. The molecule has 0 heterocycles. The largest absolute Gasteiger partial charge is 0.300 e. The quantitative estimate of drug-likeness (QED) is 0.716. The van der Waals surface area contributed by atoms with Crippen molar-refractivity contribution in [1.29, 1.82) is 0 Å². The van der Waals surface area contributed by atoms with E-state index in [9.17, 15) is 4.79 Å². The summed E-state index contributed by atoms with van der Waals surface area (Å²) < 4.78 is 0. The number of carbonyl (C=O) groups excluding carboxylic acids is 1. The third-order valence-electron chi connectivity index (χ3n) is 5.15. The molecule has 118 valence electrons. The Balaban J connectivity index is 1.94. The molecule has 0 aromatic heterocycles. The highest BCUT2D eigenvalue weighted by molar-refractivity contribution is 6.30. The lowest BCUT2D eigenvalue weighted by Gasteiger charge is -2.46. The molecule has 2 saturated carbocycles. The topological polar surface area (TPSA) is 20.3 Å². The first-order valence-corrected chi connectivity index (χ1v) is 8.65. The number of ketones is 1. The zero-order valence-electron chi connectivity index (χ0n) is 13.1. The second-order valence-corrected chi connectivity index (χ2v) is 7.15. The predicted molar refractivity (Wildman–Crippen MR) is 91.1 cm³/mol. The molecule has 22 heavy (non-hydrogen) atoms. The molecule has 3 heteroatoms. The number of nitrogens with zero attached hydrogens (tertiary/aromatic N) is 1. The van der Waals surface area contributed by atoms with E-state index in [0.717, 1.165) is 36.9 Å². The predicted octanol–water partition coefficient (Wildman–Crippen LogP) is 4.58. The average molecular weight is 318 g/mol. The van der Waals surface area contributed by atoms with Crippen LogP contribution in [0.5, 0.6) is 0 Å². The van der Waals surface area contributed by atoms with Crippen molar-refractivity contribution in [2.45, 2.75) is 44.1 Å². The molecule has 0 aliphatic heterocycles. The molecule has 2 nitrogen and oxygen atoms in total. The monoisotopic (exact) mass is 317 g/mol. The van der Waals surface area contributed by atoms with Gasteiger partial charge in [-0.1, -0.05) is 29.8 Å². The Morgan fingerprint density at radius 1 is 1.23 bits per heavy atom. The highest BCUT2D eigenvalue weighted by Crippen LogP contribution is 2.44. The summed E-state index contributed by atoms with van der Waals surface area (Å²) in [4.78, 5) is 14.4. The van der Waals surface area contributed by atoms with Crippen LogP contribution < -0.4 is 0 Å². The number of halogens is 1. The molecule has 3 rings (SSSR count). The van der Waals surface area contributed by atoms with Crippen LogP contribution in [0.4, 0.5) is 0 Å². The van der Waals surface area contributed by atoms with Gasteiger partial charge in [-0.3, -0.25) is 9.69 Å². The summed E-state index contributed by atoms with van der Waals surface area (Å²) in [6, 6.07) is 8.22. The number of rotatable bonds is 6. The summed E-state index contributed by atoms with van der Waals surface area (Å²) in [5, 5.41) is 0.767. The molecule has 2 aliphatic rings. The Morgan fingerprint density at radius 2 is 1.86 bits per heavy atom. The van der Waals surface area contributed by atoms with E-state index in [1.165, 1.54) is 18.4 Å². The molecule has 0 bridgehead atoms. The molecule has 0 saturated heterocycles. The number of Topliss-reactive ketones (excluding diaryl/α,β-unsaturated/α-hetero) is 1. The standard InChI is InChI=1S/C19H24ClNO/c1-2-13-21(14-15-3-4-15)19(11-9-18(22)10-12-19)16-5-7-17(20)8-6-16/h2,5-8,15H,1,3-4,9-14H2. The molecule has 2 aliphatic carbocycles. The lowest BCUT2D eigenvalue weighted by Crippen LogP contribution is -2.49. The highest BCUT2D eigenvalue weighted by atomic mass is 35.5. The van der Waals surface area contributed by atoms with E-state index < -0.39 is 0 Å². The first-order chi connectivity index (χ1) is 10.6. The van der Waals surface area contributed by atoms with Crippen LogP contribution in [0.3, 0.4) is 0 Å². The molecule has 0 amide bonds. The van der Waals surface area contributed by atoms with Gasteiger partial charge in [0.05, 0.1) is 0 Å². The van der Waals surface area contributed by atoms with Crippen LogP contribution >= 0.6 is 11.6 Å². The molecule has 0 radical (unpaired) electrons. The second-order valence-electron chi connectivity index (χ2n) is 6.71. The lowest BCUT2D eigenvalue weighted by molar-refractivity contribution is -0.123. The van der Waals surface area contributed by atoms with Crippen LogP contribution in [0.2, 0.25) is 5.02 Å². The van der Waals surface area contributed by atoms with Gasteiger partial charge in [-0.05, 0) is 49.3 Å². The van der Waals surface area contributed by atoms with Crippen LogP contribution in [0.1, 0.15) is 44.1 Å². The molecule has 1 aromatic rings. The Bertz CT molecular complexity index is 537. The van der Waals surface area contributed by atoms with Gasteiger partial charge in [-0.2, -0.15) is 0 Å². The van der Waals surface area contributed by atoms with Gasteiger partial charge in [-0.15, -0.1) is 6.58 Å². The van der Waals surface area contributed by atoms with Gasteiger partial charge in [0.15, 0.2) is 0 Å². The van der Waals surface area contributed by atoms with E-state index in [1.807, 2.05) is 18.2 Å². The average Bonchev–Trinajstić information content (AvgIpc) is 3.33. The molecule has 1 aromatic carbocycles. The number of benzene rings is 1. The van der Waals surface area contributed by atoms with Crippen LogP contribution in [0.15, 0.2) is 36.9 Å². The van der Waals surface area contributed by atoms with Crippen molar-refractivity contribution in [3.8, 4) is 0 Å². The first-order valence-electron chi connectivity index (χ1n) is 8.28. The fourth-order valence-corrected chi connectivity index (χ4v) is 3.81. The number of hydrogen-bond acceptors (Lipinski definition) is 2. The maximum absolute atomic E-state index is 11.8. The summed E-state index contributed by atoms with van der Waals surface area (Å²) >= 11 is 6.07. The van der Waals surface area contributed by atoms with Gasteiger partial charge < -0.3 is 0 Å². The fraction of sp³-hybridized carbons (Fsp3) is 0.526. The van der Waals surface area contributed by atoms with E-state index in [-0.39, 0.29) is 5.54 Å². The SMILES string of the molecule is C=CCN(CC1CC1)C1(c2ccc(Cl)cc2)CCC(=O)CC1. The molecule has 2 fully saturated rings. The van der Waals surface area contributed by atoms with Crippen molar-refractivity contribution in [3.63, 3.8) is 0 Å². The van der Waals surface area contributed by atoms with Gasteiger partial charge >= 0.3 is 0 Å². The third kappa shape index (κ3) is 3.28. The van der Waals surface area contributed by atoms with Crippen LogP contribution in [-0.4, -0.2) is 23.8 Å². The van der Waals surface area contributed by atoms with Crippen molar-refractivity contribution in [2.75, 3.05) is 13.1 Å². The normalized spacial score (nSPS) is 21.1. The smallest absolute Gasteiger partial charge is 0.133 e. The summed E-state index contributed by atoms with van der Waals surface area (Å²) in [5.41, 5.74) is 1.27. The fourth-order valence-electron chi connectivity index (χ4n) is 3.68. The van der Waals surface area contributed by atoms with E-state index in [2.05, 4.69) is 23.6 Å². The molecular formula is C19H24ClNO. The van der Waals surface area contributed by atoms with Crippen molar-refractivity contribution >= 4 is 17.4 Å². The second kappa shape index (κ2) is 6.55. The Morgan fingerprint density at radius 3 is 2.41 bits per heavy atom. The summed E-state index contributed by atoms with van der Waals surface area (Å²) in [6.45, 7) is 5.94. The minimum atomic E-state index is -0.0325. The maximum atomic E-state index is 11.8. The van der Waals surface area contributed by atoms with Gasteiger partial charge in [0, 0.05) is 36.5 Å².